The Labute approximate surface area is 303 Å². The Kier molecular flexibility index (Phi) is 9.70. The van der Waals surface area contributed by atoms with Gasteiger partial charge in [-0.1, -0.05) is 42.5 Å². The first kappa shape index (κ1) is 36.2. The minimum Gasteiger partial charge on any atom is -0.744 e. The zero-order valence-electron chi connectivity index (χ0n) is 27.5. The number of hydrazone groups is 1. The number of anilines is 4. The molecule has 268 valence electrons. The number of nitrogens with zero attached hydrogens (tertiary/aromatic N) is 5. The Bertz CT molecular complexity index is 2630. The van der Waals surface area contributed by atoms with Gasteiger partial charge in [0.05, 0.1) is 43.8 Å². The van der Waals surface area contributed by atoms with Crippen LogP contribution in [-0.2, 0) is 20.2 Å². The lowest BCUT2D eigenvalue weighted by atomic mass is 9.92. The highest BCUT2D eigenvalue weighted by Gasteiger charge is 2.34. The predicted octanol–water partition coefficient (Wildman–Crippen LogP) is 6.69. The number of nitrogens with one attached hydrogen (secondary N) is 1. The first-order valence-corrected chi connectivity index (χ1v) is 18.1. The highest BCUT2D eigenvalue weighted by atomic mass is 32.2. The molecule has 0 unspecified atom stereocenters. The van der Waals surface area contributed by atoms with Crippen molar-refractivity contribution in [1.29, 1.82) is 0 Å². The summed E-state index contributed by atoms with van der Waals surface area (Å²) in [5, 5.41) is 20.3. The van der Waals surface area contributed by atoms with Crippen molar-refractivity contribution in [1.82, 2.24) is 0 Å². The van der Waals surface area contributed by atoms with Crippen molar-refractivity contribution >= 4 is 83.3 Å². The van der Waals surface area contributed by atoms with Crippen molar-refractivity contribution in [3.05, 3.63) is 119 Å². The fraction of sp³-hybridized carbons (Fsp3) is 0.0286. The third-order valence-corrected chi connectivity index (χ3v) is 9.63. The van der Waals surface area contributed by atoms with E-state index in [0.717, 1.165) is 22.8 Å². The maximum absolute atomic E-state index is 13.6. The first-order chi connectivity index (χ1) is 25.1. The van der Waals surface area contributed by atoms with Crippen molar-refractivity contribution in [2.45, 2.75) is 11.8 Å². The molecule has 7 N–H and O–H groups in total. The standard InChI is InChI=1S/C35H29N9O7S2/c1-19-15-28(27(37)18-26(19)36)42-39-24-11-7-20(8-12-24)21-9-13-25(14-10-21)41-43-33-29(52(46,47)48)16-22-17-30(53(49,50)51)34(35(45)31(22)32(33)38)44-40-23-5-3-2-4-6-23/h2-18,40H,36-38H2,1H3,(H,46,47,48)(H,49,50,51)/p-2. The Hall–Kier alpha value is -6.60. The van der Waals surface area contributed by atoms with Gasteiger partial charge in [-0.25, -0.2) is 16.8 Å². The first-order valence-electron chi connectivity index (χ1n) is 15.3. The average molecular weight is 750 g/mol. The number of Topliss-reactive ketones (excluding diaryl/α,β-unsaturated/α-hetero) is 1. The van der Waals surface area contributed by atoms with E-state index in [1.54, 1.807) is 78.9 Å². The number of rotatable bonds is 9. The minimum absolute atomic E-state index is 0.224. The molecule has 0 aliphatic heterocycles. The summed E-state index contributed by atoms with van der Waals surface area (Å²) in [4.78, 5) is 11.6. The molecule has 18 heteroatoms. The quantitative estimate of drug-likeness (QED) is 0.0532. The Balaban J connectivity index is 1.29. The van der Waals surface area contributed by atoms with Crippen LogP contribution in [0.3, 0.4) is 0 Å². The molecule has 16 nitrogen and oxygen atoms in total. The van der Waals surface area contributed by atoms with Gasteiger partial charge in [0.15, 0.2) is 0 Å². The lowest BCUT2D eigenvalue weighted by Crippen LogP contribution is -2.28. The van der Waals surface area contributed by atoms with Crippen LogP contribution in [0, 0.1) is 6.92 Å². The van der Waals surface area contributed by atoms with E-state index in [4.69, 9.17) is 17.2 Å². The summed E-state index contributed by atoms with van der Waals surface area (Å²) in [7, 11) is -10.6. The molecule has 0 radical (unpaired) electrons. The van der Waals surface area contributed by atoms with E-state index in [-0.39, 0.29) is 5.69 Å². The van der Waals surface area contributed by atoms with Gasteiger partial charge < -0.3 is 26.3 Å². The number of aryl methyl sites for hydroxylation is 1. The molecule has 5 aromatic rings. The van der Waals surface area contributed by atoms with E-state index in [9.17, 15) is 30.7 Å². The molecule has 0 bridgehead atoms. The molecule has 53 heavy (non-hydrogen) atoms. The number of nitrogen functional groups attached to an aromatic ring is 3. The molecule has 0 heterocycles. The molecule has 1 aliphatic carbocycles. The fourth-order valence-corrected chi connectivity index (χ4v) is 6.50. The molecule has 1 aliphatic rings. The Morgan fingerprint density at radius 3 is 1.83 bits per heavy atom. The van der Waals surface area contributed by atoms with Crippen molar-refractivity contribution < 1.29 is 30.7 Å². The molecule has 0 amide bonds. The molecule has 0 aromatic heterocycles. The molecular formula is C35H27N9O7S2-2. The third kappa shape index (κ3) is 7.85. The summed E-state index contributed by atoms with van der Waals surface area (Å²) in [5.41, 5.74) is 22.7. The topological polar surface area (TPSA) is 283 Å². The van der Waals surface area contributed by atoms with Gasteiger partial charge in [-0.2, -0.15) is 15.3 Å². The zero-order chi connectivity index (χ0) is 38.1. The predicted molar refractivity (Wildman–Crippen MR) is 199 cm³/mol. The van der Waals surface area contributed by atoms with Gasteiger partial charge in [-0.15, -0.1) is 10.2 Å². The summed E-state index contributed by atoms with van der Waals surface area (Å²) < 4.78 is 73.4. The van der Waals surface area contributed by atoms with Crippen LogP contribution in [0.25, 0.3) is 17.2 Å². The van der Waals surface area contributed by atoms with E-state index >= 15 is 0 Å². The SMILES string of the molecule is Cc1cc(N=Nc2ccc(-c3ccc(N=Nc4c(S(=O)(=O)[O-])cc5c(c4N)C(=O)C(=NNc4ccccc4)C(S(=O)(=O)[O-])=C5)cc3)cc2)c(N)cc1N. The highest BCUT2D eigenvalue weighted by molar-refractivity contribution is 7.91. The Morgan fingerprint density at radius 1 is 0.679 bits per heavy atom. The van der Waals surface area contributed by atoms with Crippen molar-refractivity contribution in [2.24, 2.45) is 25.6 Å². The van der Waals surface area contributed by atoms with Gasteiger partial charge in [0, 0.05) is 5.69 Å². The molecule has 0 atom stereocenters. The second-order valence-electron chi connectivity index (χ2n) is 11.5. The van der Waals surface area contributed by atoms with Crippen molar-refractivity contribution in [3.63, 3.8) is 0 Å². The lowest BCUT2D eigenvalue weighted by Gasteiger charge is -2.23. The van der Waals surface area contributed by atoms with Gasteiger partial charge in [0.25, 0.3) is 0 Å². The summed E-state index contributed by atoms with van der Waals surface area (Å²) >= 11 is 0. The minimum atomic E-state index is -5.32. The number of fused-ring (bicyclic) bond motifs is 1. The fourth-order valence-electron chi connectivity index (χ4n) is 5.19. The second-order valence-corrected chi connectivity index (χ2v) is 14.2. The number of hydrogen-bond donors (Lipinski definition) is 4. The van der Waals surface area contributed by atoms with Crippen molar-refractivity contribution in [2.75, 3.05) is 22.6 Å². The van der Waals surface area contributed by atoms with Crippen molar-refractivity contribution in [3.8, 4) is 11.1 Å². The third-order valence-electron chi connectivity index (χ3n) is 7.93. The van der Waals surface area contributed by atoms with Gasteiger partial charge >= 0.3 is 0 Å². The number of para-hydroxylation sites is 1. The molecule has 0 saturated heterocycles. The number of hydrogen-bond acceptors (Lipinski definition) is 16. The summed E-state index contributed by atoms with van der Waals surface area (Å²) in [6.07, 6.45) is 0.723. The van der Waals surface area contributed by atoms with E-state index in [1.165, 1.54) is 0 Å². The van der Waals surface area contributed by atoms with Crippen LogP contribution in [0.1, 0.15) is 21.5 Å². The highest BCUT2D eigenvalue weighted by Crippen LogP contribution is 2.41. The molecule has 0 saturated carbocycles. The summed E-state index contributed by atoms with van der Waals surface area (Å²) in [5.74, 6) is -1.13. The maximum atomic E-state index is 13.6. The average Bonchev–Trinajstić information content (AvgIpc) is 3.11. The summed E-state index contributed by atoms with van der Waals surface area (Å²) in [6, 6.07) is 25.9. The molecular weight excluding hydrogens is 723 g/mol. The van der Waals surface area contributed by atoms with E-state index in [2.05, 4.69) is 31.0 Å². The van der Waals surface area contributed by atoms with E-state index in [0.29, 0.717) is 34.5 Å². The van der Waals surface area contributed by atoms with Crippen LogP contribution in [-0.4, -0.2) is 37.4 Å². The van der Waals surface area contributed by atoms with Crippen LogP contribution >= 0.6 is 0 Å². The molecule has 0 spiro atoms. The number of carbonyl (C=O) groups is 1. The number of allylic oxidation sites excluding steroid dienone is 1. The lowest BCUT2D eigenvalue weighted by molar-refractivity contribution is 0.106. The number of carbonyl (C=O) groups excluding carboxylic acids is 1. The van der Waals surface area contributed by atoms with E-state index < -0.39 is 64.0 Å². The monoisotopic (exact) mass is 749 g/mol. The van der Waals surface area contributed by atoms with Crippen LogP contribution in [0.5, 0.6) is 0 Å². The largest absolute Gasteiger partial charge is 0.744 e. The molecule has 6 rings (SSSR count). The van der Waals surface area contributed by atoms with Gasteiger partial charge in [-0.3, -0.25) is 10.2 Å². The van der Waals surface area contributed by atoms with Crippen LogP contribution in [0.4, 0.5) is 45.5 Å². The van der Waals surface area contributed by atoms with Crippen LogP contribution in [0.15, 0.2) is 132 Å². The van der Waals surface area contributed by atoms with E-state index in [1.807, 2.05) is 19.1 Å². The molecule has 0 fully saturated rings. The normalized spacial score (nSPS) is 14.1. The zero-order valence-corrected chi connectivity index (χ0v) is 29.1. The van der Waals surface area contributed by atoms with Crippen LogP contribution < -0.4 is 22.6 Å². The van der Waals surface area contributed by atoms with Gasteiger partial charge in [0.1, 0.15) is 37.3 Å². The van der Waals surface area contributed by atoms with Crippen LogP contribution in [0.2, 0.25) is 0 Å². The molecule has 5 aromatic carbocycles. The Morgan fingerprint density at radius 2 is 1.26 bits per heavy atom. The van der Waals surface area contributed by atoms with Gasteiger partial charge in [0.2, 0.25) is 5.78 Å². The summed E-state index contributed by atoms with van der Waals surface area (Å²) in [6.45, 7) is 1.84. The van der Waals surface area contributed by atoms with Gasteiger partial charge in [-0.05, 0) is 89.9 Å². The number of ketones is 1. The smallest absolute Gasteiger partial charge is 0.217 e. The number of azo groups is 2. The number of benzene rings is 5. The maximum Gasteiger partial charge on any atom is 0.217 e. The second kappa shape index (κ2) is 14.2. The number of nitrogens with two attached hydrogens (primary N) is 3.